The minimum atomic E-state index is -4.48. The molecule has 0 atom stereocenters. The van der Waals surface area contributed by atoms with Crippen LogP contribution in [0.1, 0.15) is 11.1 Å². The number of rotatable bonds is 3. The molecular weight excluding hydrogens is 347 g/mol. The lowest BCUT2D eigenvalue weighted by Crippen LogP contribution is -2.18. The molecule has 0 amide bonds. The maximum atomic E-state index is 13.1. The third kappa shape index (κ3) is 3.54. The van der Waals surface area contributed by atoms with Crippen molar-refractivity contribution in [3.8, 4) is 0 Å². The Labute approximate surface area is 128 Å². The molecule has 0 radical (unpaired) electrons. The Balaban J connectivity index is 2.50. The third-order valence-corrected chi connectivity index (χ3v) is 3.42. The summed E-state index contributed by atoms with van der Waals surface area (Å²) in [5.41, 5.74) is 6.20. The van der Waals surface area contributed by atoms with Crippen molar-refractivity contribution in [2.24, 2.45) is 5.73 Å². The van der Waals surface area contributed by atoms with Gasteiger partial charge in [0.2, 0.25) is 0 Å². The van der Waals surface area contributed by atoms with E-state index in [2.05, 4.69) is 20.9 Å². The number of anilines is 2. The molecule has 0 bridgehead atoms. The topological polar surface area (TPSA) is 42.1 Å². The monoisotopic (exact) mass is 359 g/mol. The van der Waals surface area contributed by atoms with Crippen molar-refractivity contribution >= 4 is 27.4 Å². The van der Waals surface area contributed by atoms with E-state index in [1.807, 2.05) is 6.07 Å². The fourth-order valence-electron chi connectivity index (χ4n) is 1.92. The quantitative estimate of drug-likeness (QED) is 0.897. The van der Waals surface area contributed by atoms with Crippen molar-refractivity contribution in [2.45, 2.75) is 12.7 Å². The van der Waals surface area contributed by atoms with Gasteiger partial charge in [0.25, 0.3) is 0 Å². The van der Waals surface area contributed by atoms with Crippen molar-refractivity contribution in [3.63, 3.8) is 0 Å². The van der Waals surface area contributed by atoms with Gasteiger partial charge in [-0.2, -0.15) is 13.2 Å². The fraction of sp³-hybridized carbons (Fsp3) is 0.214. The zero-order valence-electron chi connectivity index (χ0n) is 11.2. The second kappa shape index (κ2) is 6.03. The molecule has 2 aromatic rings. The summed E-state index contributed by atoms with van der Waals surface area (Å²) < 4.78 is 39.7. The van der Waals surface area contributed by atoms with Crippen LogP contribution in [0.2, 0.25) is 0 Å². The molecule has 21 heavy (non-hydrogen) atoms. The summed E-state index contributed by atoms with van der Waals surface area (Å²) in [4.78, 5) is 5.30. The molecule has 0 aliphatic heterocycles. The van der Waals surface area contributed by atoms with E-state index >= 15 is 0 Å². The Kier molecular flexibility index (Phi) is 4.53. The maximum Gasteiger partial charge on any atom is 0.420 e. The molecule has 0 aliphatic carbocycles. The van der Waals surface area contributed by atoms with E-state index in [9.17, 15) is 13.2 Å². The van der Waals surface area contributed by atoms with Gasteiger partial charge in [-0.3, -0.25) is 0 Å². The number of hydrogen-bond acceptors (Lipinski definition) is 3. The Morgan fingerprint density at radius 1 is 1.29 bits per heavy atom. The minimum absolute atomic E-state index is 0.153. The van der Waals surface area contributed by atoms with Gasteiger partial charge in [-0.05, 0) is 39.7 Å². The smallest absolute Gasteiger partial charge is 0.329 e. The van der Waals surface area contributed by atoms with E-state index in [-0.39, 0.29) is 10.3 Å². The highest BCUT2D eigenvalue weighted by Crippen LogP contribution is 2.38. The van der Waals surface area contributed by atoms with Crippen LogP contribution in [0, 0.1) is 0 Å². The van der Waals surface area contributed by atoms with E-state index in [1.54, 1.807) is 25.2 Å². The summed E-state index contributed by atoms with van der Waals surface area (Å²) in [6.07, 6.45) is -3.14. The number of nitrogens with zero attached hydrogens (tertiary/aromatic N) is 2. The van der Waals surface area contributed by atoms with Gasteiger partial charge in [0.05, 0.1) is 5.56 Å². The van der Waals surface area contributed by atoms with Crippen LogP contribution in [0.15, 0.2) is 41.0 Å². The SMILES string of the molecule is CN(c1cccc(CN)c1)c1ncc(Br)cc1C(F)(F)F. The van der Waals surface area contributed by atoms with E-state index in [0.717, 1.165) is 11.6 Å². The number of halogens is 4. The molecule has 1 aromatic heterocycles. The number of nitrogens with two attached hydrogens (primary N) is 1. The van der Waals surface area contributed by atoms with Crippen LogP contribution in [0.25, 0.3) is 0 Å². The van der Waals surface area contributed by atoms with Gasteiger partial charge in [0, 0.05) is 29.9 Å². The van der Waals surface area contributed by atoms with Crippen molar-refractivity contribution in [3.05, 3.63) is 52.1 Å². The number of benzene rings is 1. The number of alkyl halides is 3. The average molecular weight is 360 g/mol. The van der Waals surface area contributed by atoms with Gasteiger partial charge >= 0.3 is 6.18 Å². The molecule has 0 fully saturated rings. The van der Waals surface area contributed by atoms with Crippen LogP contribution < -0.4 is 10.6 Å². The molecule has 0 unspecified atom stereocenters. The fourth-order valence-corrected chi connectivity index (χ4v) is 2.25. The second-order valence-electron chi connectivity index (χ2n) is 4.46. The standard InChI is InChI=1S/C14H13BrF3N3/c1-21(11-4-2-3-9(5-11)7-19)13-12(14(16,17)18)6-10(15)8-20-13/h2-6,8H,7,19H2,1H3. The predicted molar refractivity (Wildman–Crippen MR) is 79.3 cm³/mol. The third-order valence-electron chi connectivity index (χ3n) is 2.99. The Hall–Kier alpha value is -1.60. The van der Waals surface area contributed by atoms with Gasteiger partial charge in [-0.1, -0.05) is 12.1 Å². The largest absolute Gasteiger partial charge is 0.420 e. The highest BCUT2D eigenvalue weighted by atomic mass is 79.9. The minimum Gasteiger partial charge on any atom is -0.329 e. The summed E-state index contributed by atoms with van der Waals surface area (Å²) in [5, 5.41) is 0. The van der Waals surface area contributed by atoms with Gasteiger partial charge in [0.1, 0.15) is 5.82 Å². The lowest BCUT2D eigenvalue weighted by molar-refractivity contribution is -0.137. The highest BCUT2D eigenvalue weighted by Gasteiger charge is 2.35. The average Bonchev–Trinajstić information content (AvgIpc) is 2.45. The predicted octanol–water partition coefficient (Wildman–Crippen LogP) is 4.09. The molecule has 0 saturated heterocycles. The summed E-state index contributed by atoms with van der Waals surface area (Å²) in [6, 6.07) is 8.04. The highest BCUT2D eigenvalue weighted by molar-refractivity contribution is 9.10. The van der Waals surface area contributed by atoms with Crippen molar-refractivity contribution < 1.29 is 13.2 Å². The number of aromatic nitrogens is 1. The summed E-state index contributed by atoms with van der Waals surface area (Å²) >= 11 is 3.02. The van der Waals surface area contributed by atoms with Crippen LogP contribution in [0.4, 0.5) is 24.7 Å². The van der Waals surface area contributed by atoms with Crippen molar-refractivity contribution in [1.29, 1.82) is 0 Å². The first-order chi connectivity index (χ1) is 9.82. The normalized spacial score (nSPS) is 11.5. The Bertz CT molecular complexity index is 644. The first-order valence-electron chi connectivity index (χ1n) is 6.08. The molecule has 2 N–H and O–H groups in total. The Morgan fingerprint density at radius 3 is 2.62 bits per heavy atom. The Morgan fingerprint density at radius 2 is 2.00 bits per heavy atom. The summed E-state index contributed by atoms with van der Waals surface area (Å²) in [6.45, 7) is 0.321. The molecule has 0 aliphatic rings. The first kappa shape index (κ1) is 15.8. The molecule has 0 spiro atoms. The van der Waals surface area contributed by atoms with Crippen LogP contribution in [-0.2, 0) is 12.7 Å². The van der Waals surface area contributed by atoms with Gasteiger partial charge in [-0.25, -0.2) is 4.98 Å². The molecule has 3 nitrogen and oxygen atoms in total. The van der Waals surface area contributed by atoms with Crippen molar-refractivity contribution in [2.75, 3.05) is 11.9 Å². The molecule has 7 heteroatoms. The molecule has 2 rings (SSSR count). The van der Waals surface area contributed by atoms with Crippen LogP contribution in [0.3, 0.4) is 0 Å². The number of hydrogen-bond donors (Lipinski definition) is 1. The molecular formula is C14H13BrF3N3. The molecule has 1 heterocycles. The van der Waals surface area contributed by atoms with Crippen LogP contribution >= 0.6 is 15.9 Å². The van der Waals surface area contributed by atoms with Crippen LogP contribution in [0.5, 0.6) is 0 Å². The van der Waals surface area contributed by atoms with Gasteiger partial charge in [-0.15, -0.1) is 0 Å². The number of pyridine rings is 1. The lowest BCUT2D eigenvalue weighted by Gasteiger charge is -2.23. The summed E-state index contributed by atoms with van der Waals surface area (Å²) in [5.74, 6) is -0.153. The van der Waals surface area contributed by atoms with E-state index < -0.39 is 11.7 Å². The van der Waals surface area contributed by atoms with Gasteiger partial charge in [0.15, 0.2) is 0 Å². The second-order valence-corrected chi connectivity index (χ2v) is 5.37. The maximum absolute atomic E-state index is 13.1. The summed E-state index contributed by atoms with van der Waals surface area (Å²) in [7, 11) is 1.54. The zero-order chi connectivity index (χ0) is 15.6. The van der Waals surface area contributed by atoms with E-state index in [0.29, 0.717) is 12.2 Å². The molecule has 112 valence electrons. The van der Waals surface area contributed by atoms with Crippen molar-refractivity contribution in [1.82, 2.24) is 4.98 Å². The molecule has 0 saturated carbocycles. The molecule has 1 aromatic carbocycles. The van der Waals surface area contributed by atoms with E-state index in [1.165, 1.54) is 11.1 Å². The van der Waals surface area contributed by atoms with E-state index in [4.69, 9.17) is 5.73 Å². The zero-order valence-corrected chi connectivity index (χ0v) is 12.7. The lowest BCUT2D eigenvalue weighted by atomic mass is 10.1. The first-order valence-corrected chi connectivity index (χ1v) is 6.87. The van der Waals surface area contributed by atoms with Crippen LogP contribution in [-0.4, -0.2) is 12.0 Å². The van der Waals surface area contributed by atoms with Gasteiger partial charge < -0.3 is 10.6 Å².